The Balaban J connectivity index is 2.60. The smallest absolute Gasteiger partial charge is 0.247 e. The quantitative estimate of drug-likeness (QED) is 0.265. The maximum absolute atomic E-state index is 12.2. The van der Waals surface area contributed by atoms with Crippen LogP contribution in [-0.4, -0.2) is 51.6 Å². The average molecular weight is 327 g/mol. The summed E-state index contributed by atoms with van der Waals surface area (Å²) in [5.74, 6) is -0.832. The van der Waals surface area contributed by atoms with Crippen molar-refractivity contribution >= 4 is 47.1 Å². The van der Waals surface area contributed by atoms with Gasteiger partial charge in [-0.25, -0.2) is 0 Å². The SMILES string of the molecule is C=CCN1C(=O)C(C=NCCSC(C)(C)C)C(=O)NC1=S. The van der Waals surface area contributed by atoms with Crippen molar-refractivity contribution in [3.05, 3.63) is 12.7 Å². The van der Waals surface area contributed by atoms with Crippen molar-refractivity contribution < 1.29 is 9.59 Å². The van der Waals surface area contributed by atoms with E-state index in [1.807, 2.05) is 0 Å². The van der Waals surface area contributed by atoms with E-state index in [4.69, 9.17) is 12.2 Å². The van der Waals surface area contributed by atoms with Crippen molar-refractivity contribution in [3.63, 3.8) is 0 Å². The molecule has 5 nitrogen and oxygen atoms in total. The van der Waals surface area contributed by atoms with Crippen LogP contribution in [0, 0.1) is 5.92 Å². The van der Waals surface area contributed by atoms with Gasteiger partial charge in [-0.3, -0.25) is 19.5 Å². The molecule has 1 fully saturated rings. The molecule has 1 N–H and O–H groups in total. The zero-order chi connectivity index (χ0) is 16.0. The van der Waals surface area contributed by atoms with Crippen LogP contribution in [0.25, 0.3) is 0 Å². The van der Waals surface area contributed by atoms with Gasteiger partial charge in [-0.05, 0) is 12.2 Å². The molecule has 0 bridgehead atoms. The molecule has 116 valence electrons. The monoisotopic (exact) mass is 327 g/mol. The number of carbonyl (C=O) groups is 2. The Hall–Kier alpha value is -1.21. The highest BCUT2D eigenvalue weighted by Gasteiger charge is 2.36. The molecule has 21 heavy (non-hydrogen) atoms. The Labute approximate surface area is 135 Å². The van der Waals surface area contributed by atoms with Crippen molar-refractivity contribution in [3.8, 4) is 0 Å². The van der Waals surface area contributed by atoms with Crippen molar-refractivity contribution in [2.24, 2.45) is 10.9 Å². The number of carbonyl (C=O) groups excluding carboxylic acids is 2. The molecule has 7 heteroatoms. The van der Waals surface area contributed by atoms with Gasteiger partial charge < -0.3 is 5.32 Å². The Morgan fingerprint density at radius 2 is 2.14 bits per heavy atom. The van der Waals surface area contributed by atoms with Crippen LogP contribution in [0.3, 0.4) is 0 Å². The zero-order valence-corrected chi connectivity index (χ0v) is 14.2. The van der Waals surface area contributed by atoms with E-state index in [0.29, 0.717) is 6.54 Å². The van der Waals surface area contributed by atoms with E-state index < -0.39 is 11.8 Å². The van der Waals surface area contributed by atoms with Crippen LogP contribution in [0.5, 0.6) is 0 Å². The maximum Gasteiger partial charge on any atom is 0.247 e. The summed E-state index contributed by atoms with van der Waals surface area (Å²) in [5, 5.41) is 2.64. The minimum absolute atomic E-state index is 0.123. The highest BCUT2D eigenvalue weighted by Crippen LogP contribution is 2.22. The summed E-state index contributed by atoms with van der Waals surface area (Å²) < 4.78 is 0.181. The highest BCUT2D eigenvalue weighted by molar-refractivity contribution is 8.00. The Bertz CT molecular complexity index is 469. The third-order valence-electron chi connectivity index (χ3n) is 2.61. The first-order valence-electron chi connectivity index (χ1n) is 6.67. The molecule has 1 rings (SSSR count). The van der Waals surface area contributed by atoms with Crippen LogP contribution in [0.4, 0.5) is 0 Å². The van der Waals surface area contributed by atoms with E-state index >= 15 is 0 Å². The number of nitrogens with zero attached hydrogens (tertiary/aromatic N) is 2. The topological polar surface area (TPSA) is 61.8 Å². The van der Waals surface area contributed by atoms with E-state index in [9.17, 15) is 9.59 Å². The molecule has 1 heterocycles. The van der Waals surface area contributed by atoms with Crippen molar-refractivity contribution in [2.75, 3.05) is 18.8 Å². The Morgan fingerprint density at radius 3 is 2.71 bits per heavy atom. The van der Waals surface area contributed by atoms with Crippen molar-refractivity contribution in [1.82, 2.24) is 10.2 Å². The molecule has 1 saturated heterocycles. The maximum atomic E-state index is 12.2. The molecule has 0 aliphatic carbocycles. The number of hydrogen-bond acceptors (Lipinski definition) is 5. The Morgan fingerprint density at radius 1 is 1.48 bits per heavy atom. The van der Waals surface area contributed by atoms with Gasteiger partial charge in [-0.2, -0.15) is 11.8 Å². The Kier molecular flexibility index (Phi) is 6.54. The lowest BCUT2D eigenvalue weighted by Crippen LogP contribution is -2.58. The molecular weight excluding hydrogens is 306 g/mol. The normalized spacial score (nSPS) is 20.0. The summed E-state index contributed by atoms with van der Waals surface area (Å²) in [4.78, 5) is 29.5. The van der Waals surface area contributed by atoms with Gasteiger partial charge in [0.25, 0.3) is 0 Å². The summed E-state index contributed by atoms with van der Waals surface area (Å²) in [7, 11) is 0. The van der Waals surface area contributed by atoms with E-state index in [-0.39, 0.29) is 22.3 Å². The third-order valence-corrected chi connectivity index (χ3v) is 4.19. The summed E-state index contributed by atoms with van der Waals surface area (Å²) in [6.07, 6.45) is 2.98. The number of thiocarbonyl (C=S) groups is 1. The van der Waals surface area contributed by atoms with Gasteiger partial charge in [0.2, 0.25) is 11.8 Å². The number of rotatable bonds is 6. The second-order valence-corrected chi connectivity index (χ2v) is 7.83. The average Bonchev–Trinajstić information content (AvgIpc) is 2.36. The fourth-order valence-corrected chi connectivity index (χ4v) is 2.72. The summed E-state index contributed by atoms with van der Waals surface area (Å²) in [6, 6.07) is 0. The van der Waals surface area contributed by atoms with E-state index in [1.54, 1.807) is 17.8 Å². The first kappa shape index (κ1) is 17.8. The number of amides is 2. The molecule has 1 unspecified atom stereocenters. The first-order valence-corrected chi connectivity index (χ1v) is 8.06. The van der Waals surface area contributed by atoms with Gasteiger partial charge in [0.15, 0.2) is 11.0 Å². The van der Waals surface area contributed by atoms with Crippen molar-refractivity contribution in [1.29, 1.82) is 0 Å². The molecule has 0 saturated carbocycles. The highest BCUT2D eigenvalue weighted by atomic mass is 32.2. The molecule has 1 atom stereocenters. The van der Waals surface area contributed by atoms with Gasteiger partial charge in [0.05, 0.1) is 0 Å². The lowest BCUT2D eigenvalue weighted by atomic mass is 10.1. The van der Waals surface area contributed by atoms with E-state index in [2.05, 4.69) is 37.7 Å². The van der Waals surface area contributed by atoms with Gasteiger partial charge in [-0.15, -0.1) is 6.58 Å². The lowest BCUT2D eigenvalue weighted by molar-refractivity contribution is -0.137. The number of aliphatic imine (C=N–C) groups is 1. The zero-order valence-electron chi connectivity index (χ0n) is 12.6. The molecular formula is C14H21N3O2S2. The summed E-state index contributed by atoms with van der Waals surface area (Å²) >= 11 is 6.76. The molecule has 2 amide bonds. The molecule has 0 radical (unpaired) electrons. The van der Waals surface area contributed by atoms with Gasteiger partial charge in [0, 0.05) is 29.8 Å². The number of nitrogens with one attached hydrogen (secondary N) is 1. The second kappa shape index (κ2) is 7.70. The van der Waals surface area contributed by atoms with E-state index in [0.717, 1.165) is 5.75 Å². The van der Waals surface area contributed by atoms with Crippen LogP contribution in [-0.2, 0) is 9.59 Å². The third kappa shape index (κ3) is 5.59. The predicted octanol–water partition coefficient (Wildman–Crippen LogP) is 1.63. The fraction of sp³-hybridized carbons (Fsp3) is 0.571. The summed E-state index contributed by atoms with van der Waals surface area (Å²) in [5.41, 5.74) is 0. The predicted molar refractivity (Wildman–Crippen MR) is 91.7 cm³/mol. The minimum atomic E-state index is -0.906. The molecule has 0 aromatic heterocycles. The number of hydrogen-bond donors (Lipinski definition) is 1. The molecule has 1 aliphatic heterocycles. The molecule has 0 spiro atoms. The van der Waals surface area contributed by atoms with Gasteiger partial charge in [0.1, 0.15) is 0 Å². The van der Waals surface area contributed by atoms with Crippen LogP contribution in [0.15, 0.2) is 17.6 Å². The molecule has 0 aromatic carbocycles. The first-order chi connectivity index (χ1) is 9.76. The number of thioether (sulfide) groups is 1. The van der Waals surface area contributed by atoms with Crippen LogP contribution >= 0.6 is 24.0 Å². The largest absolute Gasteiger partial charge is 0.302 e. The standard InChI is InChI=1S/C14H21N3O2S2/c1-5-7-17-12(19)10(11(18)16-13(17)20)9-15-6-8-21-14(2,3)4/h5,9-10H,1,6-8H2,2-4H3,(H,16,18,20). The van der Waals surface area contributed by atoms with Crippen LogP contribution in [0.1, 0.15) is 20.8 Å². The minimum Gasteiger partial charge on any atom is -0.302 e. The fourth-order valence-electron chi connectivity index (χ4n) is 1.65. The molecule has 0 aromatic rings. The van der Waals surface area contributed by atoms with Gasteiger partial charge >= 0.3 is 0 Å². The second-order valence-electron chi connectivity index (χ2n) is 5.53. The van der Waals surface area contributed by atoms with E-state index in [1.165, 1.54) is 11.1 Å². The van der Waals surface area contributed by atoms with Gasteiger partial charge in [-0.1, -0.05) is 26.8 Å². The lowest BCUT2D eigenvalue weighted by Gasteiger charge is -2.29. The van der Waals surface area contributed by atoms with Crippen LogP contribution < -0.4 is 5.32 Å². The van der Waals surface area contributed by atoms with Crippen LogP contribution in [0.2, 0.25) is 0 Å². The molecule has 1 aliphatic rings. The van der Waals surface area contributed by atoms with Crippen molar-refractivity contribution in [2.45, 2.75) is 25.5 Å². The summed E-state index contributed by atoms with van der Waals surface area (Å²) in [6.45, 7) is 10.8.